The highest BCUT2D eigenvalue weighted by atomic mass is 31.2. The van der Waals surface area contributed by atoms with E-state index in [0.717, 1.165) is 26.4 Å². The quantitative estimate of drug-likeness (QED) is 0.0266. The van der Waals surface area contributed by atoms with Gasteiger partial charge in [0.1, 0.15) is 73.2 Å². The van der Waals surface area contributed by atoms with Gasteiger partial charge in [0.25, 0.3) is 0 Å². The number of phosphoric ester groups is 2. The number of methoxy groups -OCH3 is 2. The number of aliphatic hydroxyl groups excluding tert-OH is 9. The Kier molecular flexibility index (Phi) is 21.9. The van der Waals surface area contributed by atoms with Crippen molar-refractivity contribution in [1.82, 2.24) is 0 Å². The Labute approximate surface area is 306 Å². The van der Waals surface area contributed by atoms with Gasteiger partial charge >= 0.3 is 15.6 Å². The van der Waals surface area contributed by atoms with E-state index in [9.17, 15) is 64.9 Å². The highest BCUT2D eigenvalue weighted by Crippen LogP contribution is 2.48. The maximum atomic E-state index is 12.8. The fourth-order valence-electron chi connectivity index (χ4n) is 5.15. The number of phosphoric acid groups is 2. The molecular weight excluding hydrogens is 766 g/mol. The molecule has 0 aromatic heterocycles. The molecule has 0 aromatic rings. The van der Waals surface area contributed by atoms with Crippen LogP contribution < -0.4 is 0 Å². The van der Waals surface area contributed by atoms with Gasteiger partial charge in [-0.2, -0.15) is 0 Å². The highest BCUT2D eigenvalue weighted by Gasteiger charge is 2.50. The van der Waals surface area contributed by atoms with E-state index in [1.54, 1.807) is 0 Å². The summed E-state index contributed by atoms with van der Waals surface area (Å²) in [6.07, 6.45) is -18.8. The number of aliphatic hydroxyl groups is 9. The average Bonchev–Trinajstić information content (AvgIpc) is 3.63. The third-order valence-corrected chi connectivity index (χ3v) is 10.2. The molecule has 53 heavy (non-hydrogen) atoms. The topological polar surface area (TPSA) is 349 Å². The molecule has 0 aliphatic carbocycles. The first-order valence-corrected chi connectivity index (χ1v) is 19.8. The molecule has 2 saturated heterocycles. The first-order chi connectivity index (χ1) is 24.9. The number of rotatable bonds is 28. The summed E-state index contributed by atoms with van der Waals surface area (Å²) in [5.41, 5.74) is 0. The highest BCUT2D eigenvalue weighted by molar-refractivity contribution is 7.47. The predicted octanol–water partition coefficient (Wildman–Crippen LogP) is -3.77. The molecule has 25 heteroatoms. The number of hydrogen-bond donors (Lipinski definition) is 11. The Bertz CT molecular complexity index is 1110. The molecule has 12 unspecified atom stereocenters. The van der Waals surface area contributed by atoms with E-state index in [1.165, 1.54) is 7.11 Å². The van der Waals surface area contributed by atoms with Crippen molar-refractivity contribution in [3.63, 3.8) is 0 Å². The van der Waals surface area contributed by atoms with E-state index in [2.05, 4.69) is 4.52 Å². The summed E-state index contributed by atoms with van der Waals surface area (Å²) >= 11 is 0. The van der Waals surface area contributed by atoms with Crippen molar-refractivity contribution in [1.29, 1.82) is 0 Å². The molecule has 2 aliphatic heterocycles. The molecule has 316 valence electrons. The number of unbranched alkanes of at least 4 members (excludes halogenated alkanes) is 3. The normalized spacial score (nSPS) is 32.1. The molecule has 0 amide bonds. The maximum absolute atomic E-state index is 12.8. The number of ether oxygens (including phenoxy) is 6. The van der Waals surface area contributed by atoms with Crippen LogP contribution in [0.15, 0.2) is 0 Å². The van der Waals surface area contributed by atoms with E-state index in [1.807, 2.05) is 6.92 Å². The molecule has 2 aliphatic rings. The van der Waals surface area contributed by atoms with Gasteiger partial charge in [-0.1, -0.05) is 26.2 Å². The van der Waals surface area contributed by atoms with Gasteiger partial charge in [0.05, 0.1) is 46.2 Å². The summed E-state index contributed by atoms with van der Waals surface area (Å²) in [6, 6.07) is 0. The molecule has 0 aromatic carbocycles. The molecule has 0 saturated carbocycles. The predicted molar refractivity (Wildman–Crippen MR) is 174 cm³/mol. The van der Waals surface area contributed by atoms with Crippen LogP contribution in [0.2, 0.25) is 0 Å². The largest absolute Gasteiger partial charge is 0.472 e. The van der Waals surface area contributed by atoms with Gasteiger partial charge in [0, 0.05) is 14.2 Å². The summed E-state index contributed by atoms with van der Waals surface area (Å²) in [6.45, 7) is -2.85. The van der Waals surface area contributed by atoms with Gasteiger partial charge in [-0.25, -0.2) is 9.13 Å². The van der Waals surface area contributed by atoms with Crippen LogP contribution in [-0.4, -0.2) is 202 Å². The summed E-state index contributed by atoms with van der Waals surface area (Å²) < 4.78 is 75.9. The van der Waals surface area contributed by atoms with Crippen LogP contribution in [0.5, 0.6) is 0 Å². The van der Waals surface area contributed by atoms with Crippen LogP contribution in [0.1, 0.15) is 32.6 Å². The average molecular weight is 823 g/mol. The van der Waals surface area contributed by atoms with E-state index in [-0.39, 0.29) is 6.61 Å². The lowest BCUT2D eigenvalue weighted by Gasteiger charge is -2.27. The summed E-state index contributed by atoms with van der Waals surface area (Å²) in [4.78, 5) is 20.1. The second-order valence-electron chi connectivity index (χ2n) is 12.3. The van der Waals surface area contributed by atoms with Crippen LogP contribution in [0.4, 0.5) is 0 Å². The standard InChI is InChI=1S/C28H56O23P2/c1-4-5-6-7-8-46-52(38,39)47-13-17(33)21(35)16(32)12-45-28-26(43-3)24(20(10-30)50-28)51-53(40,41)48-14-18(34)22(36)15(31)11-44-27-25(42-2)23(37)19(9-29)49-27/h15-37H,4-14H2,1-3H3,(H,38,39)(H,40,41)/t15?,16?,17?,18?,19-,20-,21?,22?,23?,24?,25?,26?,27-,28-/m1/s1. The zero-order valence-electron chi connectivity index (χ0n) is 29.6. The van der Waals surface area contributed by atoms with Crippen molar-refractivity contribution in [3.8, 4) is 0 Å². The van der Waals surface area contributed by atoms with Crippen molar-refractivity contribution in [2.24, 2.45) is 0 Å². The molecule has 16 atom stereocenters. The lowest BCUT2D eigenvalue weighted by atomic mass is 10.1. The molecule has 2 fully saturated rings. The zero-order valence-corrected chi connectivity index (χ0v) is 31.4. The summed E-state index contributed by atoms with van der Waals surface area (Å²) in [5, 5.41) is 90.8. The minimum absolute atomic E-state index is 0.0673. The van der Waals surface area contributed by atoms with Gasteiger partial charge < -0.3 is 84.2 Å². The Morgan fingerprint density at radius 3 is 1.58 bits per heavy atom. The molecule has 0 spiro atoms. The van der Waals surface area contributed by atoms with Crippen molar-refractivity contribution in [2.75, 3.05) is 60.5 Å². The third kappa shape index (κ3) is 15.5. The third-order valence-electron chi connectivity index (χ3n) is 8.23. The second kappa shape index (κ2) is 23.8. The zero-order chi connectivity index (χ0) is 39.9. The SMILES string of the molecule is CCCCCCOP(=O)(O)OCC(O)C(O)C(O)CO[C@@H]1O[C@H](CO)C(OP(=O)(O)OCC(O)C(O)C(O)CO[C@@H]2O[C@H](CO)C(O)C2OC)C1OC. The fourth-order valence-corrected chi connectivity index (χ4v) is 6.89. The van der Waals surface area contributed by atoms with Gasteiger partial charge in [0.15, 0.2) is 12.6 Å². The van der Waals surface area contributed by atoms with Crippen LogP contribution in [0.25, 0.3) is 0 Å². The lowest BCUT2D eigenvalue weighted by Crippen LogP contribution is -2.44. The first-order valence-electron chi connectivity index (χ1n) is 16.8. The van der Waals surface area contributed by atoms with Crippen LogP contribution >= 0.6 is 15.6 Å². The Hall–Kier alpha value is -0.380. The van der Waals surface area contributed by atoms with Crippen molar-refractivity contribution < 1.29 is 111 Å². The van der Waals surface area contributed by atoms with Gasteiger partial charge in [-0.3, -0.25) is 18.1 Å². The molecule has 2 heterocycles. The Balaban J connectivity index is 1.85. The van der Waals surface area contributed by atoms with Gasteiger partial charge in [-0.05, 0) is 6.42 Å². The summed E-state index contributed by atoms with van der Waals surface area (Å²) in [5.74, 6) is 0. The molecule has 2 rings (SSSR count). The second-order valence-corrected chi connectivity index (χ2v) is 15.1. The van der Waals surface area contributed by atoms with Crippen LogP contribution in [-0.2, 0) is 55.6 Å². The van der Waals surface area contributed by atoms with Crippen molar-refractivity contribution >= 4 is 15.6 Å². The van der Waals surface area contributed by atoms with E-state index in [0.29, 0.717) is 6.42 Å². The van der Waals surface area contributed by atoms with Gasteiger partial charge in [0.2, 0.25) is 0 Å². The van der Waals surface area contributed by atoms with Gasteiger partial charge in [-0.15, -0.1) is 0 Å². The minimum atomic E-state index is -5.14. The monoisotopic (exact) mass is 822 g/mol. The van der Waals surface area contributed by atoms with E-state index >= 15 is 0 Å². The molecule has 11 N–H and O–H groups in total. The lowest BCUT2D eigenvalue weighted by molar-refractivity contribution is -0.198. The smallest absolute Gasteiger partial charge is 0.394 e. The Morgan fingerprint density at radius 1 is 0.623 bits per heavy atom. The van der Waals surface area contributed by atoms with Crippen LogP contribution in [0.3, 0.4) is 0 Å². The van der Waals surface area contributed by atoms with E-state index < -0.39 is 141 Å². The van der Waals surface area contributed by atoms with Crippen molar-refractivity contribution in [3.05, 3.63) is 0 Å². The molecule has 0 radical (unpaired) electrons. The fraction of sp³-hybridized carbons (Fsp3) is 1.00. The molecule has 23 nitrogen and oxygen atoms in total. The van der Waals surface area contributed by atoms with E-state index in [4.69, 9.17) is 42.0 Å². The first kappa shape index (κ1) is 48.8. The van der Waals surface area contributed by atoms with Crippen molar-refractivity contribution in [2.45, 2.75) is 118 Å². The molecular formula is C28H56O23P2. The summed E-state index contributed by atoms with van der Waals surface area (Å²) in [7, 11) is -7.34. The molecule has 0 bridgehead atoms. The maximum Gasteiger partial charge on any atom is 0.472 e. The minimum Gasteiger partial charge on any atom is -0.394 e. The number of hydrogen-bond acceptors (Lipinski definition) is 21. The van der Waals surface area contributed by atoms with Crippen LogP contribution in [0, 0.1) is 0 Å². The Morgan fingerprint density at radius 2 is 1.09 bits per heavy atom.